The summed E-state index contributed by atoms with van der Waals surface area (Å²) in [4.78, 5) is 4.24. The van der Waals surface area contributed by atoms with E-state index < -0.39 is 0 Å². The van der Waals surface area contributed by atoms with Gasteiger partial charge in [0, 0.05) is 12.3 Å². The molecule has 1 saturated heterocycles. The Balaban J connectivity index is 1.54. The number of ether oxygens (including phenoxy) is 1. The van der Waals surface area contributed by atoms with Gasteiger partial charge >= 0.3 is 0 Å². The van der Waals surface area contributed by atoms with Crippen molar-refractivity contribution in [1.29, 1.82) is 0 Å². The van der Waals surface area contributed by atoms with Crippen LogP contribution >= 0.6 is 0 Å². The highest BCUT2D eigenvalue weighted by atomic mass is 16.5. The molecule has 1 aliphatic heterocycles. The molecule has 4 rings (SSSR count). The smallest absolute Gasteiger partial charge is 0.219 e. The van der Waals surface area contributed by atoms with Gasteiger partial charge in [-0.15, -0.1) is 10.2 Å². The van der Waals surface area contributed by atoms with Crippen LogP contribution in [0.25, 0.3) is 5.65 Å². The number of hydrogen-bond acceptors (Lipinski definition) is 5. The Morgan fingerprint density at radius 2 is 1.92 bits per heavy atom. The van der Waals surface area contributed by atoms with Crippen LogP contribution in [0.3, 0.4) is 0 Å². The second-order valence-electron chi connectivity index (χ2n) is 6.11. The van der Waals surface area contributed by atoms with Crippen LogP contribution in [0, 0.1) is 0 Å². The molecule has 3 aromatic rings. The first-order valence-electron chi connectivity index (χ1n) is 8.48. The largest absolute Gasteiger partial charge is 0.477 e. The summed E-state index contributed by atoms with van der Waals surface area (Å²) < 4.78 is 8.04. The number of rotatable bonds is 5. The zero-order chi connectivity index (χ0) is 16.2. The highest BCUT2D eigenvalue weighted by molar-refractivity contribution is 5.39. The zero-order valence-corrected chi connectivity index (χ0v) is 13.6. The summed E-state index contributed by atoms with van der Waals surface area (Å²) in [6.45, 7) is 2.65. The van der Waals surface area contributed by atoms with Crippen LogP contribution in [-0.2, 0) is 6.42 Å². The number of nitrogens with one attached hydrogen (secondary N) is 1. The Morgan fingerprint density at radius 1 is 1.08 bits per heavy atom. The summed E-state index contributed by atoms with van der Waals surface area (Å²) in [5.74, 6) is 2.13. The first kappa shape index (κ1) is 15.1. The maximum absolute atomic E-state index is 6.02. The molecular weight excluding hydrogens is 302 g/mol. The summed E-state index contributed by atoms with van der Waals surface area (Å²) in [6.07, 6.45) is 6.51. The average molecular weight is 323 g/mol. The lowest BCUT2D eigenvalue weighted by atomic mass is 9.97. The Kier molecular flexibility index (Phi) is 4.38. The van der Waals surface area contributed by atoms with Crippen LogP contribution in [0.1, 0.15) is 30.1 Å². The van der Waals surface area contributed by atoms with E-state index in [-0.39, 0.29) is 0 Å². The normalized spacial score (nSPS) is 15.7. The van der Waals surface area contributed by atoms with Crippen LogP contribution in [0.5, 0.6) is 5.88 Å². The lowest BCUT2D eigenvalue weighted by Crippen LogP contribution is -2.27. The van der Waals surface area contributed by atoms with Gasteiger partial charge in [0.2, 0.25) is 5.88 Å². The van der Waals surface area contributed by atoms with Gasteiger partial charge in [-0.3, -0.25) is 4.98 Å². The van der Waals surface area contributed by atoms with Crippen molar-refractivity contribution < 1.29 is 4.74 Å². The van der Waals surface area contributed by atoms with Gasteiger partial charge < -0.3 is 10.1 Å². The van der Waals surface area contributed by atoms with Crippen molar-refractivity contribution in [1.82, 2.24) is 24.9 Å². The third-order valence-corrected chi connectivity index (χ3v) is 4.50. The molecular formula is C18H21N5O. The second kappa shape index (κ2) is 6.97. The summed E-state index contributed by atoms with van der Waals surface area (Å²) in [5, 5.41) is 12.1. The minimum atomic E-state index is 0.417. The molecule has 0 bridgehead atoms. The van der Waals surface area contributed by atoms with Gasteiger partial charge in [0.1, 0.15) is 5.82 Å². The predicted molar refractivity (Wildman–Crippen MR) is 91.3 cm³/mol. The van der Waals surface area contributed by atoms with Gasteiger partial charge in [0.25, 0.3) is 0 Å². The maximum Gasteiger partial charge on any atom is 0.219 e. The topological polar surface area (TPSA) is 64.3 Å². The highest BCUT2D eigenvalue weighted by Gasteiger charge is 2.22. The molecule has 1 aliphatic rings. The minimum absolute atomic E-state index is 0.417. The van der Waals surface area contributed by atoms with Crippen molar-refractivity contribution in [3.05, 3.63) is 54.1 Å². The molecule has 1 aromatic carbocycles. The van der Waals surface area contributed by atoms with Gasteiger partial charge in [-0.2, -0.15) is 0 Å². The van der Waals surface area contributed by atoms with Gasteiger partial charge in [0.05, 0.1) is 19.0 Å². The number of nitrogens with zero attached hydrogens (tertiary/aromatic N) is 4. The van der Waals surface area contributed by atoms with Crippen molar-refractivity contribution >= 4 is 5.65 Å². The van der Waals surface area contributed by atoms with Crippen molar-refractivity contribution in [3.8, 4) is 5.88 Å². The van der Waals surface area contributed by atoms with Crippen molar-refractivity contribution in [2.24, 2.45) is 0 Å². The van der Waals surface area contributed by atoms with Crippen LogP contribution in [0.15, 0.2) is 42.7 Å². The average Bonchev–Trinajstić information content (AvgIpc) is 3.08. The SMILES string of the molecule is c1ccc(CCOc2cncc3nnc(C4CCNCC4)n23)cc1. The molecule has 6 nitrogen and oxygen atoms in total. The molecule has 24 heavy (non-hydrogen) atoms. The summed E-state index contributed by atoms with van der Waals surface area (Å²) >= 11 is 0. The van der Waals surface area contributed by atoms with Gasteiger partial charge in [-0.05, 0) is 31.5 Å². The summed E-state index contributed by atoms with van der Waals surface area (Å²) in [7, 11) is 0. The second-order valence-corrected chi connectivity index (χ2v) is 6.11. The van der Waals surface area contributed by atoms with Crippen LogP contribution in [0.2, 0.25) is 0 Å². The van der Waals surface area contributed by atoms with E-state index in [0.717, 1.165) is 49.7 Å². The lowest BCUT2D eigenvalue weighted by Gasteiger charge is -2.21. The van der Waals surface area contributed by atoms with Crippen LogP contribution in [-0.4, -0.2) is 39.3 Å². The standard InChI is InChI=1S/C18H21N5O/c1-2-4-14(5-3-1)8-11-24-17-13-20-12-16-21-22-18(23(16)17)15-6-9-19-10-7-15/h1-5,12-13,15,19H,6-11H2. The van der Waals surface area contributed by atoms with Gasteiger partial charge in [0.15, 0.2) is 5.65 Å². The Morgan fingerprint density at radius 3 is 2.75 bits per heavy atom. The molecule has 1 fully saturated rings. The summed E-state index contributed by atoms with van der Waals surface area (Å²) in [6, 6.07) is 10.3. The zero-order valence-electron chi connectivity index (χ0n) is 13.6. The molecule has 0 unspecified atom stereocenters. The molecule has 124 valence electrons. The van der Waals surface area contributed by atoms with Gasteiger partial charge in [-0.1, -0.05) is 30.3 Å². The van der Waals surface area contributed by atoms with E-state index in [1.54, 1.807) is 12.4 Å². The monoisotopic (exact) mass is 323 g/mol. The van der Waals surface area contributed by atoms with Crippen LogP contribution in [0.4, 0.5) is 0 Å². The van der Waals surface area contributed by atoms with E-state index in [0.29, 0.717) is 12.5 Å². The van der Waals surface area contributed by atoms with E-state index in [9.17, 15) is 0 Å². The first-order chi connectivity index (χ1) is 11.9. The van der Waals surface area contributed by atoms with Crippen molar-refractivity contribution in [3.63, 3.8) is 0 Å². The molecule has 0 spiro atoms. The molecule has 3 heterocycles. The minimum Gasteiger partial charge on any atom is -0.477 e. The van der Waals surface area contributed by atoms with E-state index >= 15 is 0 Å². The fourth-order valence-electron chi connectivity index (χ4n) is 3.21. The molecule has 0 amide bonds. The molecule has 1 N–H and O–H groups in total. The quantitative estimate of drug-likeness (QED) is 0.780. The number of benzene rings is 1. The van der Waals surface area contributed by atoms with Crippen LogP contribution < -0.4 is 10.1 Å². The molecule has 0 saturated carbocycles. The molecule has 2 aromatic heterocycles. The van der Waals surface area contributed by atoms with E-state index in [1.807, 2.05) is 22.6 Å². The number of fused-ring (bicyclic) bond motifs is 1. The van der Waals surface area contributed by atoms with Crippen molar-refractivity contribution in [2.45, 2.75) is 25.2 Å². The molecule has 0 atom stereocenters. The van der Waals surface area contributed by atoms with Gasteiger partial charge in [-0.25, -0.2) is 4.40 Å². The maximum atomic E-state index is 6.02. The Labute approximate surface area is 140 Å². The third kappa shape index (κ3) is 3.10. The molecule has 0 aliphatic carbocycles. The predicted octanol–water partition coefficient (Wildman–Crippen LogP) is 2.21. The lowest BCUT2D eigenvalue weighted by molar-refractivity contribution is 0.301. The number of hydrogen-bond donors (Lipinski definition) is 1. The Hall–Kier alpha value is -2.47. The van der Waals surface area contributed by atoms with E-state index in [4.69, 9.17) is 4.74 Å². The number of aromatic nitrogens is 4. The fourth-order valence-corrected chi connectivity index (χ4v) is 3.21. The first-order valence-corrected chi connectivity index (χ1v) is 8.48. The molecule has 6 heteroatoms. The third-order valence-electron chi connectivity index (χ3n) is 4.50. The van der Waals surface area contributed by atoms with E-state index in [2.05, 4.69) is 32.6 Å². The Bertz CT molecular complexity index is 796. The van der Waals surface area contributed by atoms with Crippen molar-refractivity contribution in [2.75, 3.05) is 19.7 Å². The summed E-state index contributed by atoms with van der Waals surface area (Å²) in [5.41, 5.74) is 2.01. The molecule has 0 radical (unpaired) electrons. The number of piperidine rings is 1. The highest BCUT2D eigenvalue weighted by Crippen LogP contribution is 2.26. The van der Waals surface area contributed by atoms with E-state index in [1.165, 1.54) is 5.56 Å². The fraction of sp³-hybridized carbons (Fsp3) is 0.389.